The summed E-state index contributed by atoms with van der Waals surface area (Å²) in [6, 6.07) is 19.6. The van der Waals surface area contributed by atoms with E-state index in [1.165, 1.54) is 0 Å². The first kappa shape index (κ1) is 31.1. The summed E-state index contributed by atoms with van der Waals surface area (Å²) in [5.74, 6) is -0.478. The molecule has 0 aliphatic carbocycles. The molecule has 1 aliphatic rings. The van der Waals surface area contributed by atoms with Crippen molar-refractivity contribution in [3.63, 3.8) is 0 Å². The Bertz CT molecular complexity index is 1650. The Kier molecular flexibility index (Phi) is 9.58. The van der Waals surface area contributed by atoms with Crippen molar-refractivity contribution in [2.24, 2.45) is 5.92 Å². The Balaban J connectivity index is 1.27. The summed E-state index contributed by atoms with van der Waals surface area (Å²) in [5, 5.41) is 32.0. The fourth-order valence-electron chi connectivity index (χ4n) is 5.22. The van der Waals surface area contributed by atoms with Gasteiger partial charge in [-0.05, 0) is 66.6 Å². The van der Waals surface area contributed by atoms with Gasteiger partial charge in [0.15, 0.2) is 5.60 Å². The number of aliphatic hydroxyl groups is 2. The van der Waals surface area contributed by atoms with Crippen LogP contribution in [0.1, 0.15) is 40.5 Å². The number of methoxy groups -OCH3 is 1. The summed E-state index contributed by atoms with van der Waals surface area (Å²) in [4.78, 5) is 28.2. The second-order valence-corrected chi connectivity index (χ2v) is 11.6. The van der Waals surface area contributed by atoms with Gasteiger partial charge in [-0.1, -0.05) is 52.4 Å². The van der Waals surface area contributed by atoms with Crippen molar-refractivity contribution in [2.75, 3.05) is 23.9 Å². The summed E-state index contributed by atoms with van der Waals surface area (Å²) >= 11 is 3.50. The first-order chi connectivity index (χ1) is 21.2. The molecule has 1 aromatic heterocycles. The van der Waals surface area contributed by atoms with Crippen LogP contribution in [0.15, 0.2) is 89.6 Å². The van der Waals surface area contributed by atoms with Gasteiger partial charge in [-0.2, -0.15) is 0 Å². The van der Waals surface area contributed by atoms with Crippen LogP contribution in [0, 0.1) is 5.92 Å². The topological polar surface area (TPSA) is 130 Å². The number of hydrogen-bond donors (Lipinski definition) is 3. The van der Waals surface area contributed by atoms with Crippen molar-refractivity contribution in [3.05, 3.63) is 112 Å². The molecule has 5 rings (SSSR count). The summed E-state index contributed by atoms with van der Waals surface area (Å²) in [5.41, 5.74) is 2.15. The lowest BCUT2D eigenvalue weighted by Crippen LogP contribution is -2.44. The van der Waals surface area contributed by atoms with Crippen molar-refractivity contribution in [1.29, 1.82) is 0 Å². The number of rotatable bonds is 12. The third kappa shape index (κ3) is 6.59. The minimum Gasteiger partial charge on any atom is -0.497 e. The Morgan fingerprint density at radius 3 is 2.59 bits per heavy atom. The number of fused-ring (bicyclic) bond motifs is 1. The minimum atomic E-state index is -1.75. The van der Waals surface area contributed by atoms with E-state index in [2.05, 4.69) is 31.6 Å². The zero-order valence-electron chi connectivity index (χ0n) is 24.5. The Hall–Kier alpha value is -4.32. The van der Waals surface area contributed by atoms with Crippen molar-refractivity contribution in [3.8, 4) is 5.75 Å². The Morgan fingerprint density at radius 2 is 1.89 bits per heavy atom. The van der Waals surface area contributed by atoms with Crippen LogP contribution < -0.4 is 15.0 Å². The lowest BCUT2D eigenvalue weighted by Gasteiger charge is -2.27. The maximum Gasteiger partial charge on any atom is 0.264 e. The molecule has 4 aromatic rings. The first-order valence-electron chi connectivity index (χ1n) is 14.3. The summed E-state index contributed by atoms with van der Waals surface area (Å²) in [6.07, 6.45) is 6.68. The molecular formula is C33H34BrN5O5. The predicted octanol–water partition coefficient (Wildman–Crippen LogP) is 4.85. The Morgan fingerprint density at radius 1 is 1.14 bits per heavy atom. The molecule has 3 aromatic carbocycles. The number of carbonyl (C=O) groups excluding carboxylic acids is 2. The molecule has 0 saturated carbocycles. The highest BCUT2D eigenvalue weighted by atomic mass is 79.9. The van der Waals surface area contributed by atoms with E-state index in [0.29, 0.717) is 47.6 Å². The van der Waals surface area contributed by atoms with Crippen molar-refractivity contribution in [1.82, 2.24) is 15.0 Å². The van der Waals surface area contributed by atoms with Gasteiger partial charge in [0.05, 0.1) is 25.0 Å². The highest BCUT2D eigenvalue weighted by Crippen LogP contribution is 2.46. The molecule has 0 unspecified atom stereocenters. The molecule has 0 fully saturated rings. The Labute approximate surface area is 264 Å². The van der Waals surface area contributed by atoms with Crippen molar-refractivity contribution < 1.29 is 24.5 Å². The number of aryl methyl sites for hydroxylation is 1. The maximum atomic E-state index is 13.9. The third-order valence-corrected chi connectivity index (χ3v) is 8.19. The summed E-state index contributed by atoms with van der Waals surface area (Å²) < 4.78 is 7.62. The molecule has 2 atom stereocenters. The van der Waals surface area contributed by atoms with Crippen LogP contribution in [0.2, 0.25) is 0 Å². The van der Waals surface area contributed by atoms with E-state index >= 15 is 0 Å². The number of aliphatic hydroxyl groups excluding tert-OH is 1. The minimum absolute atomic E-state index is 0.0201. The lowest BCUT2D eigenvalue weighted by atomic mass is 9.83. The molecule has 2 heterocycles. The van der Waals surface area contributed by atoms with E-state index in [4.69, 9.17) is 9.84 Å². The van der Waals surface area contributed by atoms with Gasteiger partial charge in [0.2, 0.25) is 0 Å². The van der Waals surface area contributed by atoms with Crippen LogP contribution in [-0.4, -0.2) is 50.7 Å². The molecule has 228 valence electrons. The predicted molar refractivity (Wildman–Crippen MR) is 170 cm³/mol. The van der Waals surface area contributed by atoms with Gasteiger partial charge < -0.3 is 25.2 Å². The van der Waals surface area contributed by atoms with Gasteiger partial charge in [-0.3, -0.25) is 14.3 Å². The zero-order valence-corrected chi connectivity index (χ0v) is 26.1. The van der Waals surface area contributed by atoms with Gasteiger partial charge in [0.1, 0.15) is 5.75 Å². The first-order valence-corrected chi connectivity index (χ1v) is 15.1. The number of ether oxygens (including phenoxy) is 1. The normalized spacial score (nSPS) is 16.8. The highest BCUT2D eigenvalue weighted by molar-refractivity contribution is 9.10. The summed E-state index contributed by atoms with van der Waals surface area (Å²) in [6.45, 7) is 2.68. The number of halogens is 1. The standard InChI is InChI=1S/C33H34BrN5O5/c1-22(5-3-4-17-38-21-27(16-18-40)36-37-38)33(43)29-19-25(34)10-15-30(29)39(32(33)42)20-23-6-11-26(12-7-23)35-31(41)24-8-13-28(44-2)14-9-24/h3,5-15,19,21-22,40,43H,4,16-18,20H2,1-2H3,(H,35,41)/b5-3+/t22-,33+/m0/s1. The van der Waals surface area contributed by atoms with E-state index in [0.717, 1.165) is 15.7 Å². The number of allylic oxidation sites excluding steroid dienone is 1. The van der Waals surface area contributed by atoms with Gasteiger partial charge in [0.25, 0.3) is 11.8 Å². The highest BCUT2D eigenvalue weighted by Gasteiger charge is 2.52. The van der Waals surface area contributed by atoms with Gasteiger partial charge >= 0.3 is 0 Å². The second kappa shape index (κ2) is 13.5. The fraction of sp³-hybridized carbons (Fsp3) is 0.273. The molecule has 0 spiro atoms. The molecule has 10 nitrogen and oxygen atoms in total. The molecule has 0 bridgehead atoms. The number of aromatic nitrogens is 3. The zero-order chi connectivity index (χ0) is 31.3. The fourth-order valence-corrected chi connectivity index (χ4v) is 5.58. The maximum absolute atomic E-state index is 13.9. The molecule has 0 radical (unpaired) electrons. The van der Waals surface area contributed by atoms with Crippen molar-refractivity contribution in [2.45, 2.75) is 38.5 Å². The molecular weight excluding hydrogens is 626 g/mol. The second-order valence-electron chi connectivity index (χ2n) is 10.7. The molecule has 1 aliphatic heterocycles. The number of amides is 2. The van der Waals surface area contributed by atoms with Gasteiger partial charge in [-0.25, -0.2) is 0 Å². The van der Waals surface area contributed by atoms with Gasteiger partial charge in [0, 0.05) is 53.0 Å². The van der Waals surface area contributed by atoms with Crippen LogP contribution in [-0.2, 0) is 29.9 Å². The summed E-state index contributed by atoms with van der Waals surface area (Å²) in [7, 11) is 1.57. The number of carbonyl (C=O) groups is 2. The average Bonchev–Trinajstić information content (AvgIpc) is 3.56. The number of hydrogen-bond acceptors (Lipinski definition) is 7. The smallest absolute Gasteiger partial charge is 0.264 e. The van der Waals surface area contributed by atoms with E-state index in [1.54, 1.807) is 65.4 Å². The van der Waals surface area contributed by atoms with E-state index in [9.17, 15) is 14.7 Å². The van der Waals surface area contributed by atoms with E-state index in [1.807, 2.05) is 43.3 Å². The molecule has 0 saturated heterocycles. The van der Waals surface area contributed by atoms with Crippen LogP contribution in [0.4, 0.5) is 11.4 Å². The number of anilines is 2. The number of nitrogens with zero attached hydrogens (tertiary/aromatic N) is 4. The number of nitrogens with one attached hydrogen (secondary N) is 1. The third-order valence-electron chi connectivity index (χ3n) is 7.70. The average molecular weight is 661 g/mol. The van der Waals surface area contributed by atoms with Crippen LogP contribution in [0.5, 0.6) is 5.75 Å². The molecule has 3 N–H and O–H groups in total. The monoisotopic (exact) mass is 659 g/mol. The lowest BCUT2D eigenvalue weighted by molar-refractivity contribution is -0.139. The van der Waals surface area contributed by atoms with E-state index in [-0.39, 0.29) is 19.1 Å². The quantitative estimate of drug-likeness (QED) is 0.185. The molecule has 44 heavy (non-hydrogen) atoms. The number of benzene rings is 3. The SMILES string of the molecule is COc1ccc(C(=O)Nc2ccc(CN3C(=O)[C@@](O)([C@@H](C)/C=C/CCn4cc(CCO)nn4)c4cc(Br)ccc43)cc2)cc1. The van der Waals surface area contributed by atoms with Crippen LogP contribution in [0.25, 0.3) is 0 Å². The van der Waals surface area contributed by atoms with Crippen LogP contribution >= 0.6 is 15.9 Å². The van der Waals surface area contributed by atoms with E-state index < -0.39 is 17.4 Å². The van der Waals surface area contributed by atoms with Crippen LogP contribution in [0.3, 0.4) is 0 Å². The molecule has 11 heteroatoms. The molecule has 2 amide bonds. The largest absolute Gasteiger partial charge is 0.497 e. The van der Waals surface area contributed by atoms with Gasteiger partial charge in [-0.15, -0.1) is 5.10 Å². The van der Waals surface area contributed by atoms with Crippen molar-refractivity contribution >= 4 is 39.1 Å².